The molecule has 0 aliphatic heterocycles. The van der Waals surface area contributed by atoms with Crippen LogP contribution < -0.4 is 10.6 Å². The van der Waals surface area contributed by atoms with E-state index in [2.05, 4.69) is 35.6 Å². The predicted octanol–water partition coefficient (Wildman–Crippen LogP) is 4.33. The van der Waals surface area contributed by atoms with E-state index in [4.69, 9.17) is 0 Å². The standard InChI is InChI=1S/C23H19F4N7O.H2S/c1-12(14-3-4-16(24)19-15(21(35)28-2)5-6-29-20(14)19)8-30-18-7-17(33-11-34-18)13-9-31-22(32-10-13)23(25,26)27;/h3-7,9-12H,8H2,1-2H3,(H,28,35)(H,30,33,34);1H2/t12-;/m1./s1. The molecule has 0 aliphatic rings. The number of carbonyl (C=O) groups excluding carboxylic acids is 1. The zero-order valence-electron chi connectivity index (χ0n) is 19.1. The number of hydrogen-bond acceptors (Lipinski definition) is 7. The summed E-state index contributed by atoms with van der Waals surface area (Å²) >= 11 is 0. The van der Waals surface area contributed by atoms with Crippen molar-refractivity contribution in [3.8, 4) is 11.3 Å². The highest BCUT2D eigenvalue weighted by Crippen LogP contribution is 2.29. The van der Waals surface area contributed by atoms with Crippen LogP contribution in [0.3, 0.4) is 0 Å². The largest absolute Gasteiger partial charge is 0.451 e. The third kappa shape index (κ3) is 5.51. The van der Waals surface area contributed by atoms with Crippen LogP contribution in [-0.4, -0.2) is 44.4 Å². The Kier molecular flexibility index (Phi) is 8.03. The van der Waals surface area contributed by atoms with Gasteiger partial charge in [-0.15, -0.1) is 0 Å². The first-order valence-corrected chi connectivity index (χ1v) is 10.4. The van der Waals surface area contributed by atoms with Gasteiger partial charge in [-0.1, -0.05) is 13.0 Å². The summed E-state index contributed by atoms with van der Waals surface area (Å²) in [6.45, 7) is 2.27. The maximum absolute atomic E-state index is 14.6. The Balaban J connectivity index is 0.00000361. The number of nitrogens with one attached hydrogen (secondary N) is 2. The molecule has 0 spiro atoms. The second-order valence-corrected chi connectivity index (χ2v) is 7.66. The monoisotopic (exact) mass is 519 g/mol. The van der Waals surface area contributed by atoms with Crippen LogP contribution in [0, 0.1) is 5.82 Å². The summed E-state index contributed by atoms with van der Waals surface area (Å²) in [5.74, 6) is -1.94. The van der Waals surface area contributed by atoms with Crippen LogP contribution in [0.15, 0.2) is 49.2 Å². The van der Waals surface area contributed by atoms with Gasteiger partial charge in [0.05, 0.1) is 16.8 Å². The lowest BCUT2D eigenvalue weighted by molar-refractivity contribution is -0.144. The quantitative estimate of drug-likeness (QED) is 0.366. The Labute approximate surface area is 210 Å². The number of nitrogens with zero attached hydrogens (tertiary/aromatic N) is 5. The Morgan fingerprint density at radius 3 is 2.44 bits per heavy atom. The molecule has 8 nitrogen and oxygen atoms in total. The van der Waals surface area contributed by atoms with E-state index in [0.717, 1.165) is 18.0 Å². The number of amides is 1. The van der Waals surface area contributed by atoms with Crippen molar-refractivity contribution in [1.29, 1.82) is 0 Å². The first kappa shape index (κ1) is 26.7. The molecule has 3 aromatic heterocycles. The highest BCUT2D eigenvalue weighted by Gasteiger charge is 2.34. The van der Waals surface area contributed by atoms with E-state index in [1.165, 1.54) is 31.7 Å². The van der Waals surface area contributed by atoms with Crippen LogP contribution in [0.25, 0.3) is 22.2 Å². The third-order valence-electron chi connectivity index (χ3n) is 5.33. The van der Waals surface area contributed by atoms with Gasteiger partial charge in [-0.25, -0.2) is 24.3 Å². The van der Waals surface area contributed by atoms with Gasteiger partial charge in [0, 0.05) is 55.1 Å². The number of carbonyl (C=O) groups is 1. The van der Waals surface area contributed by atoms with Crippen LogP contribution in [0.2, 0.25) is 0 Å². The van der Waals surface area contributed by atoms with E-state index in [9.17, 15) is 22.4 Å². The number of benzene rings is 1. The van der Waals surface area contributed by atoms with Crippen molar-refractivity contribution in [1.82, 2.24) is 30.2 Å². The molecule has 0 saturated carbocycles. The van der Waals surface area contributed by atoms with Crippen molar-refractivity contribution in [3.05, 3.63) is 72.0 Å². The molecule has 1 atom stereocenters. The average Bonchev–Trinajstić information content (AvgIpc) is 2.86. The fourth-order valence-electron chi connectivity index (χ4n) is 3.56. The van der Waals surface area contributed by atoms with Crippen LogP contribution in [0.4, 0.5) is 23.4 Å². The first-order chi connectivity index (χ1) is 16.7. The van der Waals surface area contributed by atoms with E-state index < -0.39 is 23.7 Å². The number of fused-ring (bicyclic) bond motifs is 1. The van der Waals surface area contributed by atoms with Crippen LogP contribution in [-0.2, 0) is 6.18 Å². The Morgan fingerprint density at radius 1 is 1.06 bits per heavy atom. The van der Waals surface area contributed by atoms with E-state index in [0.29, 0.717) is 29.1 Å². The van der Waals surface area contributed by atoms with Crippen molar-refractivity contribution >= 4 is 36.1 Å². The minimum Gasteiger partial charge on any atom is -0.369 e. The van der Waals surface area contributed by atoms with Gasteiger partial charge in [-0.05, 0) is 17.7 Å². The number of rotatable bonds is 6. The molecule has 36 heavy (non-hydrogen) atoms. The molecule has 4 rings (SSSR count). The molecule has 0 saturated heterocycles. The lowest BCUT2D eigenvalue weighted by Gasteiger charge is -2.17. The molecule has 0 radical (unpaired) electrons. The van der Waals surface area contributed by atoms with Crippen molar-refractivity contribution in [2.75, 3.05) is 18.9 Å². The summed E-state index contributed by atoms with van der Waals surface area (Å²) in [5, 5.41) is 5.79. The molecule has 1 aromatic carbocycles. The van der Waals surface area contributed by atoms with Gasteiger partial charge in [0.2, 0.25) is 5.82 Å². The maximum atomic E-state index is 14.6. The molecule has 0 bridgehead atoms. The lowest BCUT2D eigenvalue weighted by atomic mass is 9.95. The molecular formula is C23H21F4N7OS. The molecule has 3 heterocycles. The second-order valence-electron chi connectivity index (χ2n) is 7.66. The lowest BCUT2D eigenvalue weighted by Crippen LogP contribution is -2.19. The van der Waals surface area contributed by atoms with Crippen molar-refractivity contribution in [2.24, 2.45) is 0 Å². The molecule has 4 aromatic rings. The van der Waals surface area contributed by atoms with E-state index >= 15 is 0 Å². The summed E-state index contributed by atoms with van der Waals surface area (Å²) in [7, 11) is 1.47. The minimum absolute atomic E-state index is 0. The Morgan fingerprint density at radius 2 is 1.78 bits per heavy atom. The summed E-state index contributed by atoms with van der Waals surface area (Å²) < 4.78 is 52.7. The zero-order chi connectivity index (χ0) is 25.2. The Hall–Kier alpha value is -3.87. The summed E-state index contributed by atoms with van der Waals surface area (Å²) in [6, 6.07) is 5.94. The number of anilines is 1. The van der Waals surface area contributed by atoms with Gasteiger partial charge in [0.15, 0.2) is 0 Å². The first-order valence-electron chi connectivity index (χ1n) is 10.4. The average molecular weight is 520 g/mol. The molecule has 188 valence electrons. The second kappa shape index (κ2) is 10.8. The molecule has 13 heteroatoms. The number of alkyl halides is 3. The predicted molar refractivity (Wildman–Crippen MR) is 130 cm³/mol. The highest BCUT2D eigenvalue weighted by atomic mass is 32.1. The summed E-state index contributed by atoms with van der Waals surface area (Å²) in [4.78, 5) is 31.4. The van der Waals surface area contributed by atoms with Crippen molar-refractivity contribution in [2.45, 2.75) is 19.0 Å². The van der Waals surface area contributed by atoms with Gasteiger partial charge in [0.25, 0.3) is 5.91 Å². The minimum atomic E-state index is -4.63. The third-order valence-corrected chi connectivity index (χ3v) is 5.33. The highest BCUT2D eigenvalue weighted by molar-refractivity contribution is 7.59. The van der Waals surface area contributed by atoms with Crippen molar-refractivity contribution in [3.63, 3.8) is 0 Å². The summed E-state index contributed by atoms with van der Waals surface area (Å²) in [6.07, 6.45) is 0.187. The number of hydrogen-bond donors (Lipinski definition) is 2. The topological polar surface area (TPSA) is 106 Å². The van der Waals surface area contributed by atoms with E-state index in [1.807, 2.05) is 6.92 Å². The van der Waals surface area contributed by atoms with Crippen LogP contribution >= 0.6 is 13.5 Å². The van der Waals surface area contributed by atoms with Gasteiger partial charge >= 0.3 is 6.18 Å². The molecule has 1 amide bonds. The fourth-order valence-corrected chi connectivity index (χ4v) is 3.56. The number of pyridine rings is 1. The molecule has 0 unspecified atom stereocenters. The van der Waals surface area contributed by atoms with Gasteiger partial charge < -0.3 is 10.6 Å². The van der Waals surface area contributed by atoms with Crippen LogP contribution in [0.1, 0.15) is 34.6 Å². The fraction of sp³-hybridized carbons (Fsp3) is 0.217. The van der Waals surface area contributed by atoms with Gasteiger partial charge in [0.1, 0.15) is 18.0 Å². The van der Waals surface area contributed by atoms with Crippen LogP contribution in [0.5, 0.6) is 0 Å². The molecule has 2 N–H and O–H groups in total. The van der Waals surface area contributed by atoms with E-state index in [1.54, 1.807) is 12.1 Å². The molecule has 0 aliphatic carbocycles. The normalized spacial score (nSPS) is 12.1. The van der Waals surface area contributed by atoms with Gasteiger partial charge in [-0.2, -0.15) is 26.7 Å². The van der Waals surface area contributed by atoms with E-state index in [-0.39, 0.29) is 30.4 Å². The Bertz CT molecular complexity index is 1380. The zero-order valence-corrected chi connectivity index (χ0v) is 20.1. The molecule has 0 fully saturated rings. The SMILES string of the molecule is CNC(=O)c1ccnc2c([C@H](C)CNc3cc(-c4cnc(C(F)(F)F)nc4)ncn3)ccc(F)c12.S. The van der Waals surface area contributed by atoms with Crippen molar-refractivity contribution < 1.29 is 22.4 Å². The summed E-state index contributed by atoms with van der Waals surface area (Å²) in [5.41, 5.74) is 1.94. The number of halogens is 4. The molecular weight excluding hydrogens is 498 g/mol. The smallest absolute Gasteiger partial charge is 0.369 e. The maximum Gasteiger partial charge on any atom is 0.451 e. The van der Waals surface area contributed by atoms with Gasteiger partial charge in [-0.3, -0.25) is 9.78 Å². The number of aromatic nitrogens is 5.